The van der Waals surface area contributed by atoms with E-state index < -0.39 is 10.0 Å². The van der Waals surface area contributed by atoms with Crippen LogP contribution in [0.2, 0.25) is 5.02 Å². The topological polar surface area (TPSA) is 66.4 Å². The van der Waals surface area contributed by atoms with Crippen LogP contribution in [0.4, 0.5) is 0 Å². The average Bonchev–Trinajstić information content (AvgIpc) is 2.40. The van der Waals surface area contributed by atoms with Crippen molar-refractivity contribution in [3.05, 3.63) is 28.3 Å². The number of benzene rings is 1. The van der Waals surface area contributed by atoms with Gasteiger partial charge in [0, 0.05) is 11.1 Å². The number of sulfonamides is 1. The molecule has 0 fully saturated rings. The van der Waals surface area contributed by atoms with Crippen LogP contribution in [0.3, 0.4) is 0 Å². The summed E-state index contributed by atoms with van der Waals surface area (Å²) < 4.78 is 27.6. The van der Waals surface area contributed by atoms with Crippen LogP contribution in [0, 0.1) is 6.92 Å². The third-order valence-corrected chi connectivity index (χ3v) is 5.42. The van der Waals surface area contributed by atoms with Crippen molar-refractivity contribution >= 4 is 21.6 Å². The average molecular weight is 334 g/mol. The van der Waals surface area contributed by atoms with Gasteiger partial charge in [-0.2, -0.15) is 0 Å². The molecule has 1 aromatic rings. The van der Waals surface area contributed by atoms with Gasteiger partial charge in [0.05, 0.1) is 11.5 Å². The predicted molar refractivity (Wildman–Crippen MR) is 86.0 cm³/mol. The Morgan fingerprint density at radius 2 is 2.00 bits per heavy atom. The number of halogens is 1. The SMILES string of the molecule is CCCCCC(C)NS(=O)(=O)c1cc(Cl)cc(CO)c1C. The number of hydrogen-bond acceptors (Lipinski definition) is 3. The van der Waals surface area contributed by atoms with Crippen LogP contribution in [0.1, 0.15) is 50.7 Å². The molecule has 0 aliphatic rings. The van der Waals surface area contributed by atoms with Crippen molar-refractivity contribution < 1.29 is 13.5 Å². The molecule has 0 spiro atoms. The van der Waals surface area contributed by atoms with Gasteiger partial charge in [-0.3, -0.25) is 0 Å². The van der Waals surface area contributed by atoms with E-state index in [1.807, 2.05) is 6.92 Å². The molecule has 0 aliphatic heterocycles. The van der Waals surface area contributed by atoms with Crippen LogP contribution < -0.4 is 4.72 Å². The minimum Gasteiger partial charge on any atom is -0.392 e. The third-order valence-electron chi connectivity index (χ3n) is 3.49. The lowest BCUT2D eigenvalue weighted by molar-refractivity contribution is 0.280. The fraction of sp³-hybridized carbons (Fsp3) is 0.600. The van der Waals surface area contributed by atoms with E-state index in [9.17, 15) is 13.5 Å². The van der Waals surface area contributed by atoms with Crippen molar-refractivity contribution in [3.8, 4) is 0 Å². The van der Waals surface area contributed by atoms with E-state index in [2.05, 4.69) is 11.6 Å². The van der Waals surface area contributed by atoms with E-state index in [0.29, 0.717) is 16.1 Å². The highest BCUT2D eigenvalue weighted by atomic mass is 35.5. The molecule has 0 heterocycles. The highest BCUT2D eigenvalue weighted by Gasteiger charge is 2.21. The Labute approximate surface area is 132 Å². The Morgan fingerprint density at radius 3 is 2.57 bits per heavy atom. The highest BCUT2D eigenvalue weighted by molar-refractivity contribution is 7.89. The first-order chi connectivity index (χ1) is 9.81. The lowest BCUT2D eigenvalue weighted by Gasteiger charge is -2.17. The molecule has 4 nitrogen and oxygen atoms in total. The van der Waals surface area contributed by atoms with E-state index in [4.69, 9.17) is 11.6 Å². The Hall–Kier alpha value is -0.620. The second-order valence-corrected chi connectivity index (χ2v) is 7.48. The van der Waals surface area contributed by atoms with Crippen molar-refractivity contribution in [2.24, 2.45) is 0 Å². The van der Waals surface area contributed by atoms with Gasteiger partial charge in [-0.15, -0.1) is 0 Å². The Bertz CT molecular complexity index is 573. The standard InChI is InChI=1S/C15H24ClNO3S/c1-4-5-6-7-11(2)17-21(19,20)15-9-14(16)8-13(10-18)12(15)3/h8-9,11,17-18H,4-7,10H2,1-3H3. The lowest BCUT2D eigenvalue weighted by atomic mass is 10.1. The van der Waals surface area contributed by atoms with Gasteiger partial charge in [0.1, 0.15) is 0 Å². The van der Waals surface area contributed by atoms with Crippen molar-refractivity contribution in [3.63, 3.8) is 0 Å². The highest BCUT2D eigenvalue weighted by Crippen LogP contribution is 2.25. The van der Waals surface area contributed by atoms with Gasteiger partial charge in [0.25, 0.3) is 0 Å². The predicted octanol–water partition coefficient (Wildman–Crippen LogP) is 3.39. The van der Waals surface area contributed by atoms with Crippen LogP contribution >= 0.6 is 11.6 Å². The zero-order valence-corrected chi connectivity index (χ0v) is 14.4. The van der Waals surface area contributed by atoms with Crippen molar-refractivity contribution in [2.75, 3.05) is 0 Å². The molecule has 0 amide bonds. The van der Waals surface area contributed by atoms with Gasteiger partial charge in [-0.25, -0.2) is 13.1 Å². The van der Waals surface area contributed by atoms with Crippen molar-refractivity contribution in [1.29, 1.82) is 0 Å². The molecule has 6 heteroatoms. The van der Waals surface area contributed by atoms with Crippen molar-refractivity contribution in [1.82, 2.24) is 4.72 Å². The van der Waals surface area contributed by atoms with Crippen LogP contribution in [-0.4, -0.2) is 19.6 Å². The molecule has 0 aromatic heterocycles. The van der Waals surface area contributed by atoms with Crippen molar-refractivity contribution in [2.45, 2.75) is 64.0 Å². The number of aliphatic hydroxyl groups excluding tert-OH is 1. The van der Waals surface area contributed by atoms with E-state index >= 15 is 0 Å². The molecule has 0 aliphatic carbocycles. The maximum absolute atomic E-state index is 12.5. The number of hydrogen-bond donors (Lipinski definition) is 2. The van der Waals surface area contributed by atoms with E-state index in [1.54, 1.807) is 13.0 Å². The molecular weight excluding hydrogens is 310 g/mol. The summed E-state index contributed by atoms with van der Waals surface area (Å²) in [5.74, 6) is 0. The molecule has 2 N–H and O–H groups in total. The second-order valence-electron chi connectivity index (χ2n) is 5.36. The van der Waals surface area contributed by atoms with Gasteiger partial charge in [-0.05, 0) is 43.5 Å². The number of nitrogens with one attached hydrogen (secondary N) is 1. The molecule has 0 saturated carbocycles. The van der Waals surface area contributed by atoms with Gasteiger partial charge >= 0.3 is 0 Å². The second kappa shape index (κ2) is 8.13. The molecule has 0 bridgehead atoms. The van der Waals surface area contributed by atoms with E-state index in [1.165, 1.54) is 6.07 Å². The summed E-state index contributed by atoms with van der Waals surface area (Å²) in [6, 6.07) is 2.88. The van der Waals surface area contributed by atoms with Gasteiger partial charge in [0.2, 0.25) is 10.0 Å². The smallest absolute Gasteiger partial charge is 0.241 e. The van der Waals surface area contributed by atoms with E-state index in [0.717, 1.165) is 25.7 Å². The zero-order chi connectivity index (χ0) is 16.0. The fourth-order valence-corrected chi connectivity index (χ4v) is 4.14. The van der Waals surface area contributed by atoms with Crippen LogP contribution in [-0.2, 0) is 16.6 Å². The summed E-state index contributed by atoms with van der Waals surface area (Å²) in [5.41, 5.74) is 1.07. The Kier molecular flexibility index (Phi) is 7.13. The van der Waals surface area contributed by atoms with Gasteiger partial charge < -0.3 is 5.11 Å². The van der Waals surface area contributed by atoms with Gasteiger partial charge in [0.15, 0.2) is 0 Å². The summed E-state index contributed by atoms with van der Waals surface area (Å²) in [7, 11) is -3.63. The molecule has 1 aromatic carbocycles. The molecular formula is C15H24ClNO3S. The fourth-order valence-electron chi connectivity index (χ4n) is 2.24. The number of unbranched alkanes of at least 4 members (excludes halogenated alkanes) is 2. The first kappa shape index (κ1) is 18.4. The largest absolute Gasteiger partial charge is 0.392 e. The molecule has 0 saturated heterocycles. The maximum atomic E-state index is 12.5. The summed E-state index contributed by atoms with van der Waals surface area (Å²) in [5, 5.41) is 9.59. The summed E-state index contributed by atoms with van der Waals surface area (Å²) in [4.78, 5) is 0.140. The quantitative estimate of drug-likeness (QED) is 0.717. The zero-order valence-electron chi connectivity index (χ0n) is 12.8. The molecule has 1 atom stereocenters. The Balaban J connectivity index is 2.95. The minimum atomic E-state index is -3.63. The Morgan fingerprint density at radius 1 is 1.33 bits per heavy atom. The normalized spacial score (nSPS) is 13.4. The van der Waals surface area contributed by atoms with Gasteiger partial charge in [-0.1, -0.05) is 37.8 Å². The maximum Gasteiger partial charge on any atom is 0.241 e. The van der Waals surface area contributed by atoms with Crippen LogP contribution in [0.15, 0.2) is 17.0 Å². The van der Waals surface area contributed by atoms with Crippen LogP contribution in [0.5, 0.6) is 0 Å². The molecule has 120 valence electrons. The number of aliphatic hydroxyl groups is 1. The monoisotopic (exact) mass is 333 g/mol. The molecule has 1 unspecified atom stereocenters. The molecule has 0 radical (unpaired) electrons. The van der Waals surface area contributed by atoms with Crippen LogP contribution in [0.25, 0.3) is 0 Å². The molecule has 21 heavy (non-hydrogen) atoms. The lowest BCUT2D eigenvalue weighted by Crippen LogP contribution is -2.33. The summed E-state index contributed by atoms with van der Waals surface area (Å²) >= 11 is 5.94. The summed E-state index contributed by atoms with van der Waals surface area (Å²) in [6.45, 7) is 5.42. The third kappa shape index (κ3) is 5.25. The first-order valence-corrected chi connectivity index (χ1v) is 9.10. The summed E-state index contributed by atoms with van der Waals surface area (Å²) in [6.07, 6.45) is 4.00. The number of rotatable bonds is 8. The molecule has 1 rings (SSSR count). The van der Waals surface area contributed by atoms with E-state index in [-0.39, 0.29) is 17.5 Å². The minimum absolute atomic E-state index is 0.127. The first-order valence-electron chi connectivity index (χ1n) is 7.24.